The van der Waals surface area contributed by atoms with Crippen LogP contribution in [0.2, 0.25) is 0 Å². The number of benzene rings is 1. The maximum Gasteiger partial charge on any atom is 0.305 e. The quantitative estimate of drug-likeness (QED) is 0.639. The van der Waals surface area contributed by atoms with Crippen molar-refractivity contribution < 1.29 is 14.8 Å². The van der Waals surface area contributed by atoms with Gasteiger partial charge in [0.25, 0.3) is 5.69 Å². The maximum atomic E-state index is 10.7. The molecule has 0 saturated heterocycles. The van der Waals surface area contributed by atoms with Gasteiger partial charge in [-0.3, -0.25) is 14.9 Å². The monoisotopic (exact) mass is 275 g/mol. The van der Waals surface area contributed by atoms with Gasteiger partial charge in [-0.15, -0.1) is 0 Å². The average molecular weight is 275 g/mol. The van der Waals surface area contributed by atoms with E-state index >= 15 is 0 Å². The van der Waals surface area contributed by atoms with E-state index in [1.54, 1.807) is 35.0 Å². The van der Waals surface area contributed by atoms with Crippen LogP contribution in [0.15, 0.2) is 42.6 Å². The van der Waals surface area contributed by atoms with E-state index < -0.39 is 16.9 Å². The molecule has 0 radical (unpaired) electrons. The van der Waals surface area contributed by atoms with Crippen LogP contribution < -0.4 is 5.73 Å². The molecule has 0 aliphatic heterocycles. The number of aromatic nitrogens is 1. The molecule has 1 aromatic carbocycles. The standard InChI is InChI=1S/C13H13N3O4/c14-11(8-13(17)18)12-2-1-7-15(12)9-3-5-10(6-4-9)16(19)20/h1-7,11H,8,14H2,(H,17,18)/t11-/m1/s1. The summed E-state index contributed by atoms with van der Waals surface area (Å²) in [4.78, 5) is 20.8. The molecule has 0 amide bonds. The second-order valence-corrected chi connectivity index (χ2v) is 4.28. The Hall–Kier alpha value is -2.67. The van der Waals surface area contributed by atoms with Gasteiger partial charge in [0.2, 0.25) is 0 Å². The number of nitrogens with zero attached hydrogens (tertiary/aromatic N) is 2. The number of rotatable bonds is 5. The first-order valence-corrected chi connectivity index (χ1v) is 5.88. The number of carbonyl (C=O) groups is 1. The van der Waals surface area contributed by atoms with E-state index in [1.165, 1.54) is 12.1 Å². The fraction of sp³-hybridized carbons (Fsp3) is 0.154. The summed E-state index contributed by atoms with van der Waals surface area (Å²) in [5.74, 6) is -0.978. The SMILES string of the molecule is N[C@H](CC(=O)O)c1cccn1-c1ccc([N+](=O)[O-])cc1. The summed E-state index contributed by atoms with van der Waals surface area (Å²) in [5, 5.41) is 19.4. The third-order valence-corrected chi connectivity index (χ3v) is 2.89. The summed E-state index contributed by atoms with van der Waals surface area (Å²) in [6.45, 7) is 0. The Morgan fingerprint density at radius 1 is 1.35 bits per heavy atom. The van der Waals surface area contributed by atoms with Crippen LogP contribution in [0.4, 0.5) is 5.69 Å². The number of carboxylic acid groups (broad SMARTS) is 1. The van der Waals surface area contributed by atoms with E-state index in [0.29, 0.717) is 11.4 Å². The van der Waals surface area contributed by atoms with Crippen LogP contribution in [0.25, 0.3) is 5.69 Å². The van der Waals surface area contributed by atoms with E-state index in [2.05, 4.69) is 0 Å². The molecule has 7 nitrogen and oxygen atoms in total. The minimum Gasteiger partial charge on any atom is -0.481 e. The van der Waals surface area contributed by atoms with Crippen LogP contribution in [0, 0.1) is 10.1 Å². The first-order chi connectivity index (χ1) is 9.49. The third-order valence-electron chi connectivity index (χ3n) is 2.89. The van der Waals surface area contributed by atoms with E-state index in [-0.39, 0.29) is 12.1 Å². The number of aliphatic carboxylic acids is 1. The Balaban J connectivity index is 2.31. The molecule has 0 fully saturated rings. The number of carboxylic acids is 1. The van der Waals surface area contributed by atoms with E-state index in [0.717, 1.165) is 0 Å². The second-order valence-electron chi connectivity index (χ2n) is 4.28. The lowest BCUT2D eigenvalue weighted by Gasteiger charge is -2.14. The minimum absolute atomic E-state index is 0.00251. The van der Waals surface area contributed by atoms with E-state index in [9.17, 15) is 14.9 Å². The average Bonchev–Trinajstić information content (AvgIpc) is 2.87. The van der Waals surface area contributed by atoms with Gasteiger partial charge in [-0.25, -0.2) is 0 Å². The lowest BCUT2D eigenvalue weighted by Crippen LogP contribution is -2.18. The number of nitrogens with two attached hydrogens (primary N) is 1. The molecule has 104 valence electrons. The number of nitro benzene ring substituents is 1. The Labute approximate surface area is 114 Å². The van der Waals surface area contributed by atoms with Crippen molar-refractivity contribution in [3.63, 3.8) is 0 Å². The van der Waals surface area contributed by atoms with Gasteiger partial charge in [-0.2, -0.15) is 0 Å². The van der Waals surface area contributed by atoms with Crippen molar-refractivity contribution in [3.05, 3.63) is 58.4 Å². The molecule has 20 heavy (non-hydrogen) atoms. The first-order valence-electron chi connectivity index (χ1n) is 5.88. The van der Waals surface area contributed by atoms with Crippen molar-refractivity contribution in [1.29, 1.82) is 0 Å². The van der Waals surface area contributed by atoms with Gasteiger partial charge in [0.15, 0.2) is 0 Å². The van der Waals surface area contributed by atoms with Crippen molar-refractivity contribution in [1.82, 2.24) is 4.57 Å². The lowest BCUT2D eigenvalue weighted by atomic mass is 10.1. The Kier molecular flexibility index (Phi) is 3.81. The molecule has 1 atom stereocenters. The predicted molar refractivity (Wildman–Crippen MR) is 71.6 cm³/mol. The van der Waals surface area contributed by atoms with Crippen LogP contribution >= 0.6 is 0 Å². The minimum atomic E-state index is -0.978. The highest BCUT2D eigenvalue weighted by Crippen LogP contribution is 2.21. The Morgan fingerprint density at radius 2 is 2.00 bits per heavy atom. The summed E-state index contributed by atoms with van der Waals surface area (Å²) in [6, 6.07) is 8.80. The van der Waals surface area contributed by atoms with Crippen molar-refractivity contribution in [2.45, 2.75) is 12.5 Å². The van der Waals surface area contributed by atoms with E-state index in [1.807, 2.05) is 0 Å². The van der Waals surface area contributed by atoms with Crippen LogP contribution in [0.1, 0.15) is 18.2 Å². The van der Waals surface area contributed by atoms with Crippen molar-refractivity contribution >= 4 is 11.7 Å². The third kappa shape index (κ3) is 2.83. The van der Waals surface area contributed by atoms with Crippen molar-refractivity contribution in [3.8, 4) is 5.69 Å². The van der Waals surface area contributed by atoms with Gasteiger partial charge in [0.1, 0.15) is 0 Å². The molecular weight excluding hydrogens is 262 g/mol. The van der Waals surface area contributed by atoms with Crippen molar-refractivity contribution in [2.75, 3.05) is 0 Å². The molecule has 1 heterocycles. The molecule has 7 heteroatoms. The highest BCUT2D eigenvalue weighted by Gasteiger charge is 2.15. The van der Waals surface area contributed by atoms with Gasteiger partial charge in [-0.05, 0) is 24.3 Å². The smallest absolute Gasteiger partial charge is 0.305 e. The summed E-state index contributed by atoms with van der Waals surface area (Å²) < 4.78 is 1.72. The molecule has 0 aliphatic carbocycles. The van der Waals surface area contributed by atoms with Crippen LogP contribution in [0.3, 0.4) is 0 Å². The summed E-state index contributed by atoms with van der Waals surface area (Å²) in [7, 11) is 0. The molecule has 2 rings (SSSR count). The van der Waals surface area contributed by atoms with Gasteiger partial charge < -0.3 is 15.4 Å². The zero-order chi connectivity index (χ0) is 14.7. The van der Waals surface area contributed by atoms with Gasteiger partial charge in [0.05, 0.1) is 17.4 Å². The molecule has 1 aromatic heterocycles. The molecule has 0 unspecified atom stereocenters. The lowest BCUT2D eigenvalue weighted by molar-refractivity contribution is -0.384. The zero-order valence-electron chi connectivity index (χ0n) is 10.5. The summed E-state index contributed by atoms with van der Waals surface area (Å²) in [5.41, 5.74) is 7.18. The summed E-state index contributed by atoms with van der Waals surface area (Å²) in [6.07, 6.45) is 1.55. The molecule has 0 spiro atoms. The number of non-ortho nitro benzene ring substituents is 1. The number of hydrogen-bond acceptors (Lipinski definition) is 4. The highest BCUT2D eigenvalue weighted by atomic mass is 16.6. The number of nitro groups is 1. The molecule has 0 bridgehead atoms. The maximum absolute atomic E-state index is 10.7. The molecule has 3 N–H and O–H groups in total. The fourth-order valence-electron chi connectivity index (χ4n) is 1.96. The van der Waals surface area contributed by atoms with Gasteiger partial charge in [-0.1, -0.05) is 0 Å². The van der Waals surface area contributed by atoms with Gasteiger partial charge >= 0.3 is 5.97 Å². The van der Waals surface area contributed by atoms with Crippen molar-refractivity contribution in [2.24, 2.45) is 5.73 Å². The second kappa shape index (κ2) is 5.54. The number of hydrogen-bond donors (Lipinski definition) is 2. The molecular formula is C13H13N3O4. The zero-order valence-corrected chi connectivity index (χ0v) is 10.5. The first kappa shape index (κ1) is 13.8. The fourth-order valence-corrected chi connectivity index (χ4v) is 1.96. The Bertz CT molecular complexity index is 633. The molecule has 0 aliphatic rings. The Morgan fingerprint density at radius 3 is 2.55 bits per heavy atom. The van der Waals surface area contributed by atoms with E-state index in [4.69, 9.17) is 10.8 Å². The normalized spacial score (nSPS) is 12.1. The topological polar surface area (TPSA) is 111 Å². The van der Waals surface area contributed by atoms with Gasteiger partial charge in [0, 0.05) is 29.7 Å². The van der Waals surface area contributed by atoms with Crippen LogP contribution in [-0.2, 0) is 4.79 Å². The molecule has 2 aromatic rings. The molecule has 0 saturated carbocycles. The highest BCUT2D eigenvalue weighted by molar-refractivity contribution is 5.67. The predicted octanol–water partition coefficient (Wildman–Crippen LogP) is 1.86. The summed E-state index contributed by atoms with van der Waals surface area (Å²) >= 11 is 0. The largest absolute Gasteiger partial charge is 0.481 e. The van der Waals surface area contributed by atoms with Crippen LogP contribution in [0.5, 0.6) is 0 Å². The van der Waals surface area contributed by atoms with Crippen LogP contribution in [-0.4, -0.2) is 20.6 Å².